The summed E-state index contributed by atoms with van der Waals surface area (Å²) in [6.07, 6.45) is -3.56. The minimum absolute atomic E-state index is 0.0163. The van der Waals surface area contributed by atoms with Gasteiger partial charge in [0, 0.05) is 36.9 Å². The fraction of sp³-hybridized carbons (Fsp3) is 0.385. The van der Waals surface area contributed by atoms with Crippen LogP contribution in [0.25, 0.3) is 10.9 Å². The first-order chi connectivity index (χ1) is 16.0. The van der Waals surface area contributed by atoms with Gasteiger partial charge in [-0.1, -0.05) is 30.3 Å². The molecule has 1 heterocycles. The molecule has 0 radical (unpaired) electrons. The van der Waals surface area contributed by atoms with Gasteiger partial charge in [0.25, 0.3) is 5.56 Å². The number of aryl methyl sites for hydroxylation is 2. The molecule has 0 amide bonds. The number of hydrogen-bond acceptors (Lipinski definition) is 3. The molecule has 1 atom stereocenters. The summed E-state index contributed by atoms with van der Waals surface area (Å²) in [5, 5.41) is 9.06. The lowest BCUT2D eigenvalue weighted by atomic mass is 9.87. The Morgan fingerprint density at radius 2 is 1.94 bits per heavy atom. The van der Waals surface area contributed by atoms with Gasteiger partial charge >= 0.3 is 12.1 Å². The van der Waals surface area contributed by atoms with Gasteiger partial charge in [-0.25, -0.2) is 0 Å². The monoisotopic (exact) mass is 472 g/mol. The van der Waals surface area contributed by atoms with E-state index >= 15 is 0 Å². The number of aliphatic carboxylic acids is 1. The number of benzene rings is 2. The highest BCUT2D eigenvalue weighted by Crippen LogP contribution is 2.45. The van der Waals surface area contributed by atoms with Crippen molar-refractivity contribution in [2.75, 3.05) is 14.1 Å². The second-order valence-corrected chi connectivity index (χ2v) is 9.21. The first kappa shape index (κ1) is 24.0. The second kappa shape index (κ2) is 8.91. The molecule has 0 saturated carbocycles. The van der Waals surface area contributed by atoms with Gasteiger partial charge in [-0.2, -0.15) is 13.2 Å². The van der Waals surface area contributed by atoms with E-state index in [0.29, 0.717) is 31.4 Å². The van der Waals surface area contributed by atoms with Crippen molar-refractivity contribution < 1.29 is 23.1 Å². The van der Waals surface area contributed by atoms with E-state index in [1.807, 2.05) is 25.1 Å². The third-order valence-electron chi connectivity index (χ3n) is 6.60. The summed E-state index contributed by atoms with van der Waals surface area (Å²) < 4.78 is 44.8. The van der Waals surface area contributed by atoms with Gasteiger partial charge < -0.3 is 14.6 Å². The smallest absolute Gasteiger partial charge is 0.417 e. The van der Waals surface area contributed by atoms with Crippen LogP contribution in [0, 0.1) is 0 Å². The van der Waals surface area contributed by atoms with Crippen molar-refractivity contribution in [1.82, 2.24) is 9.47 Å². The van der Waals surface area contributed by atoms with Crippen LogP contribution < -0.4 is 5.56 Å². The number of rotatable bonds is 6. The molecule has 1 unspecified atom stereocenters. The van der Waals surface area contributed by atoms with Gasteiger partial charge in [0.05, 0.1) is 11.1 Å². The molecule has 0 bridgehead atoms. The van der Waals surface area contributed by atoms with E-state index in [4.69, 9.17) is 5.11 Å². The number of carboxylic acid groups (broad SMARTS) is 1. The number of pyridine rings is 1. The van der Waals surface area contributed by atoms with Crippen LogP contribution in [-0.4, -0.2) is 34.6 Å². The van der Waals surface area contributed by atoms with E-state index in [2.05, 4.69) is 0 Å². The molecule has 1 aliphatic carbocycles. The molecule has 3 aromatic rings. The number of halogens is 3. The fourth-order valence-corrected chi connectivity index (χ4v) is 5.21. The van der Waals surface area contributed by atoms with E-state index in [0.717, 1.165) is 16.7 Å². The molecule has 180 valence electrons. The second-order valence-electron chi connectivity index (χ2n) is 9.21. The normalized spacial score (nSPS) is 15.8. The number of alkyl halides is 3. The van der Waals surface area contributed by atoms with Crippen LogP contribution in [-0.2, 0) is 37.4 Å². The van der Waals surface area contributed by atoms with Crippen LogP contribution in [0.1, 0.15) is 52.1 Å². The average molecular weight is 473 g/mol. The lowest BCUT2D eigenvalue weighted by Gasteiger charge is -2.23. The zero-order chi connectivity index (χ0) is 24.8. The summed E-state index contributed by atoms with van der Waals surface area (Å²) in [7, 11) is 5.26. The Morgan fingerprint density at radius 1 is 1.21 bits per heavy atom. The first-order valence-electron chi connectivity index (χ1n) is 11.2. The average Bonchev–Trinajstić information content (AvgIpc) is 3.18. The van der Waals surface area contributed by atoms with E-state index in [9.17, 15) is 22.8 Å². The molecule has 2 aromatic carbocycles. The molecule has 0 aliphatic heterocycles. The minimum atomic E-state index is -4.70. The quantitative estimate of drug-likeness (QED) is 0.564. The lowest BCUT2D eigenvalue weighted by Crippen LogP contribution is -2.29. The molecule has 0 fully saturated rings. The molecule has 1 N–H and O–H groups in total. The maximum absolute atomic E-state index is 14.5. The minimum Gasteiger partial charge on any atom is -0.481 e. The standard InChI is InChI=1S/C26H27F3N2O3/c1-30(2)14-15-7-9-20-21(13-15)31(3)25(34)23(24(20)26(27,28)29)19-11-10-17-16(8-12-22(32)33)5-4-6-18(17)19/h4-7,9,13,19H,8,10-12,14H2,1-3H3,(H,32,33). The summed E-state index contributed by atoms with van der Waals surface area (Å²) in [6.45, 7) is 0.544. The van der Waals surface area contributed by atoms with Crippen molar-refractivity contribution in [3.05, 3.63) is 80.1 Å². The summed E-state index contributed by atoms with van der Waals surface area (Å²) in [4.78, 5) is 26.4. The van der Waals surface area contributed by atoms with E-state index in [1.54, 1.807) is 24.3 Å². The van der Waals surface area contributed by atoms with Gasteiger partial charge in [0.1, 0.15) is 0 Å². The zero-order valence-corrected chi connectivity index (χ0v) is 19.4. The maximum Gasteiger partial charge on any atom is 0.417 e. The molecule has 5 nitrogen and oxygen atoms in total. The van der Waals surface area contributed by atoms with E-state index in [-0.39, 0.29) is 22.9 Å². The van der Waals surface area contributed by atoms with Crippen molar-refractivity contribution in [2.45, 2.75) is 44.3 Å². The van der Waals surface area contributed by atoms with E-state index < -0.39 is 29.2 Å². The van der Waals surface area contributed by atoms with Crippen LogP contribution >= 0.6 is 0 Å². The van der Waals surface area contributed by atoms with Crippen molar-refractivity contribution in [2.24, 2.45) is 7.05 Å². The number of hydrogen-bond donors (Lipinski definition) is 1. The summed E-state index contributed by atoms with van der Waals surface area (Å²) >= 11 is 0. The number of carboxylic acids is 1. The Balaban J connectivity index is 1.93. The van der Waals surface area contributed by atoms with Crippen molar-refractivity contribution in [3.8, 4) is 0 Å². The molecule has 1 aromatic heterocycles. The van der Waals surface area contributed by atoms with E-state index in [1.165, 1.54) is 17.7 Å². The molecule has 0 saturated heterocycles. The van der Waals surface area contributed by atoms with Crippen molar-refractivity contribution >= 4 is 16.9 Å². The number of carbonyl (C=O) groups is 1. The Kier molecular flexibility index (Phi) is 6.29. The van der Waals surface area contributed by atoms with Gasteiger partial charge in [0.15, 0.2) is 0 Å². The predicted molar refractivity (Wildman–Crippen MR) is 124 cm³/mol. The third kappa shape index (κ3) is 4.34. The Hall–Kier alpha value is -3.13. The molecule has 4 rings (SSSR count). The topological polar surface area (TPSA) is 62.5 Å². The Morgan fingerprint density at radius 3 is 2.59 bits per heavy atom. The number of aromatic nitrogens is 1. The fourth-order valence-electron chi connectivity index (χ4n) is 5.21. The Bertz CT molecular complexity index is 1330. The summed E-state index contributed by atoms with van der Waals surface area (Å²) in [6, 6.07) is 10.1. The zero-order valence-electron chi connectivity index (χ0n) is 19.4. The lowest BCUT2D eigenvalue weighted by molar-refractivity contribution is -0.138. The maximum atomic E-state index is 14.5. The molecule has 8 heteroatoms. The van der Waals surface area contributed by atoms with Crippen LogP contribution in [0.2, 0.25) is 0 Å². The third-order valence-corrected chi connectivity index (χ3v) is 6.60. The SMILES string of the molecule is CN(C)Cc1ccc2c(C(F)(F)F)c(C3CCc4c(CCC(=O)O)cccc43)c(=O)n(C)c2c1. The summed E-state index contributed by atoms with van der Waals surface area (Å²) in [5.41, 5.74) is 1.72. The Labute approximate surface area is 195 Å². The first-order valence-corrected chi connectivity index (χ1v) is 11.2. The highest BCUT2D eigenvalue weighted by atomic mass is 19.4. The van der Waals surface area contributed by atoms with Crippen molar-refractivity contribution in [1.29, 1.82) is 0 Å². The molecule has 0 spiro atoms. The predicted octanol–water partition coefficient (Wildman–Crippen LogP) is 4.71. The van der Waals surface area contributed by atoms with Crippen LogP contribution in [0.15, 0.2) is 41.2 Å². The van der Waals surface area contributed by atoms with Crippen LogP contribution in [0.3, 0.4) is 0 Å². The molecule has 1 aliphatic rings. The number of nitrogens with zero attached hydrogens (tertiary/aromatic N) is 2. The largest absolute Gasteiger partial charge is 0.481 e. The van der Waals surface area contributed by atoms with Crippen molar-refractivity contribution in [3.63, 3.8) is 0 Å². The molecular formula is C26H27F3N2O3. The molecule has 34 heavy (non-hydrogen) atoms. The van der Waals surface area contributed by atoms with Gasteiger partial charge in [-0.05, 0) is 61.7 Å². The summed E-state index contributed by atoms with van der Waals surface area (Å²) in [5.74, 6) is -1.62. The molecular weight excluding hydrogens is 445 g/mol. The number of fused-ring (bicyclic) bond motifs is 2. The van der Waals surface area contributed by atoms with Gasteiger partial charge in [0.2, 0.25) is 0 Å². The van der Waals surface area contributed by atoms with Gasteiger partial charge in [-0.3, -0.25) is 9.59 Å². The highest BCUT2D eigenvalue weighted by Gasteiger charge is 2.41. The van der Waals surface area contributed by atoms with Crippen LogP contribution in [0.4, 0.5) is 13.2 Å². The highest BCUT2D eigenvalue weighted by molar-refractivity contribution is 5.85. The van der Waals surface area contributed by atoms with Crippen LogP contribution in [0.5, 0.6) is 0 Å². The van der Waals surface area contributed by atoms with Gasteiger partial charge in [-0.15, -0.1) is 0 Å².